The van der Waals surface area contributed by atoms with Gasteiger partial charge in [0.2, 0.25) is 0 Å². The van der Waals surface area contributed by atoms with Gasteiger partial charge in [-0.1, -0.05) is 5.16 Å². The van der Waals surface area contributed by atoms with E-state index in [0.29, 0.717) is 12.4 Å². The molecule has 6 heteroatoms. The topological polar surface area (TPSA) is 81.2 Å². The molecule has 0 fully saturated rings. The second-order valence-electron chi connectivity index (χ2n) is 3.30. The average Bonchev–Trinajstić information content (AvgIpc) is 2.82. The molecule has 2 heterocycles. The van der Waals surface area contributed by atoms with Gasteiger partial charge in [-0.3, -0.25) is 0 Å². The number of carbonyl (C=O) groups is 1. The van der Waals surface area contributed by atoms with Gasteiger partial charge in [-0.05, 0) is 13.8 Å². The predicted molar refractivity (Wildman–Crippen MR) is 55.1 cm³/mol. The Balaban J connectivity index is 2.60. The Morgan fingerprint density at radius 2 is 2.38 bits per heavy atom. The number of aryl methyl sites for hydroxylation is 2. The zero-order valence-electron chi connectivity index (χ0n) is 8.97. The number of imidazole rings is 1. The van der Waals surface area contributed by atoms with Crippen LogP contribution in [0.3, 0.4) is 0 Å². The van der Waals surface area contributed by atoms with Crippen molar-refractivity contribution in [3.8, 4) is 11.5 Å². The van der Waals surface area contributed by atoms with Crippen molar-refractivity contribution in [1.29, 1.82) is 0 Å². The Morgan fingerprint density at radius 3 is 3.00 bits per heavy atom. The van der Waals surface area contributed by atoms with Gasteiger partial charge in [0.25, 0.3) is 0 Å². The highest BCUT2D eigenvalue weighted by molar-refractivity contribution is 5.94. The highest BCUT2D eigenvalue weighted by Crippen LogP contribution is 2.23. The Morgan fingerprint density at radius 1 is 1.62 bits per heavy atom. The summed E-state index contributed by atoms with van der Waals surface area (Å²) >= 11 is 0. The van der Waals surface area contributed by atoms with E-state index < -0.39 is 5.97 Å². The summed E-state index contributed by atoms with van der Waals surface area (Å²) in [5.41, 5.74) is 0.345. The number of aromatic carboxylic acids is 1. The fraction of sp³-hybridized carbons (Fsp3) is 0.300. The molecule has 2 rings (SSSR count). The van der Waals surface area contributed by atoms with Gasteiger partial charge in [0.05, 0.1) is 0 Å². The maximum Gasteiger partial charge on any atom is 0.341 e. The number of hydrogen-bond acceptors (Lipinski definition) is 4. The molecule has 0 bridgehead atoms. The van der Waals surface area contributed by atoms with Crippen LogP contribution in [0.4, 0.5) is 0 Å². The van der Waals surface area contributed by atoms with Gasteiger partial charge >= 0.3 is 5.97 Å². The Kier molecular flexibility index (Phi) is 2.47. The monoisotopic (exact) mass is 221 g/mol. The van der Waals surface area contributed by atoms with E-state index in [0.717, 1.165) is 0 Å². The number of rotatable bonds is 3. The van der Waals surface area contributed by atoms with E-state index in [9.17, 15) is 4.79 Å². The third kappa shape index (κ3) is 1.48. The third-order valence-corrected chi connectivity index (χ3v) is 2.34. The second kappa shape index (κ2) is 3.80. The van der Waals surface area contributed by atoms with E-state index in [1.807, 2.05) is 11.5 Å². The molecule has 0 atom stereocenters. The summed E-state index contributed by atoms with van der Waals surface area (Å²) in [6.45, 7) is 4.21. The predicted octanol–water partition coefficient (Wildman–Crippen LogP) is 1.56. The molecule has 0 unspecified atom stereocenters. The van der Waals surface area contributed by atoms with Crippen molar-refractivity contribution < 1.29 is 14.4 Å². The molecule has 2 aromatic heterocycles. The fourth-order valence-corrected chi connectivity index (χ4v) is 1.56. The summed E-state index contributed by atoms with van der Waals surface area (Å²) in [7, 11) is 0. The van der Waals surface area contributed by atoms with Crippen LogP contribution in [0, 0.1) is 6.92 Å². The van der Waals surface area contributed by atoms with Crippen LogP contribution in [0.1, 0.15) is 23.0 Å². The lowest BCUT2D eigenvalue weighted by Gasteiger charge is -2.01. The van der Waals surface area contributed by atoms with Gasteiger partial charge in [-0.2, -0.15) is 0 Å². The summed E-state index contributed by atoms with van der Waals surface area (Å²) in [5.74, 6) is -0.260. The minimum Gasteiger partial charge on any atom is -0.477 e. The smallest absolute Gasteiger partial charge is 0.341 e. The largest absolute Gasteiger partial charge is 0.477 e. The molecule has 0 aliphatic rings. The van der Waals surface area contributed by atoms with Crippen LogP contribution in [-0.4, -0.2) is 25.8 Å². The molecule has 16 heavy (non-hydrogen) atoms. The van der Waals surface area contributed by atoms with Gasteiger partial charge in [0.1, 0.15) is 11.3 Å². The second-order valence-corrected chi connectivity index (χ2v) is 3.30. The van der Waals surface area contributed by atoms with E-state index in [2.05, 4.69) is 10.1 Å². The van der Waals surface area contributed by atoms with E-state index in [-0.39, 0.29) is 17.0 Å². The Labute approximate surface area is 91.5 Å². The summed E-state index contributed by atoms with van der Waals surface area (Å²) in [4.78, 5) is 15.2. The van der Waals surface area contributed by atoms with Crippen molar-refractivity contribution in [2.24, 2.45) is 0 Å². The normalized spacial score (nSPS) is 10.6. The minimum absolute atomic E-state index is 0.0703. The van der Waals surface area contributed by atoms with Gasteiger partial charge < -0.3 is 14.2 Å². The maximum absolute atomic E-state index is 11.1. The number of carboxylic acids is 1. The highest BCUT2D eigenvalue weighted by Gasteiger charge is 2.23. The van der Waals surface area contributed by atoms with Crippen LogP contribution in [0.2, 0.25) is 0 Å². The minimum atomic E-state index is -1.06. The summed E-state index contributed by atoms with van der Waals surface area (Å²) in [6.07, 6.45) is 3.37. The Hall–Kier alpha value is -2.11. The molecular formula is C10H11N3O3. The Bertz CT molecular complexity index is 527. The van der Waals surface area contributed by atoms with Crippen molar-refractivity contribution in [3.05, 3.63) is 23.7 Å². The van der Waals surface area contributed by atoms with Crippen molar-refractivity contribution in [3.63, 3.8) is 0 Å². The first-order valence-electron chi connectivity index (χ1n) is 4.86. The maximum atomic E-state index is 11.1. The van der Waals surface area contributed by atoms with Crippen molar-refractivity contribution in [2.75, 3.05) is 0 Å². The molecule has 0 saturated heterocycles. The first kappa shape index (κ1) is 10.4. The number of carboxylic acid groups (broad SMARTS) is 1. The fourth-order valence-electron chi connectivity index (χ4n) is 1.56. The molecule has 0 radical (unpaired) electrons. The van der Waals surface area contributed by atoms with Gasteiger partial charge in [0.15, 0.2) is 11.5 Å². The molecule has 0 aromatic carbocycles. The molecule has 1 N–H and O–H groups in total. The SMILES string of the molecule is CCn1ccnc1-c1noc(C)c1C(=O)O. The zero-order valence-corrected chi connectivity index (χ0v) is 8.97. The van der Waals surface area contributed by atoms with Crippen LogP contribution in [-0.2, 0) is 6.54 Å². The van der Waals surface area contributed by atoms with E-state index in [1.54, 1.807) is 19.3 Å². The third-order valence-electron chi connectivity index (χ3n) is 2.34. The molecular weight excluding hydrogens is 210 g/mol. The van der Waals surface area contributed by atoms with E-state index in [4.69, 9.17) is 9.63 Å². The van der Waals surface area contributed by atoms with Crippen LogP contribution >= 0.6 is 0 Å². The quantitative estimate of drug-likeness (QED) is 0.850. The zero-order chi connectivity index (χ0) is 11.7. The molecule has 2 aromatic rings. The summed E-state index contributed by atoms with van der Waals surface area (Å²) in [6, 6.07) is 0. The van der Waals surface area contributed by atoms with Crippen LogP contribution in [0.25, 0.3) is 11.5 Å². The number of nitrogens with zero attached hydrogens (tertiary/aromatic N) is 3. The average molecular weight is 221 g/mol. The summed E-state index contributed by atoms with van der Waals surface area (Å²) in [5, 5.41) is 12.8. The van der Waals surface area contributed by atoms with Crippen LogP contribution < -0.4 is 0 Å². The van der Waals surface area contributed by atoms with Gasteiger partial charge in [-0.15, -0.1) is 0 Å². The lowest BCUT2D eigenvalue weighted by atomic mass is 10.2. The van der Waals surface area contributed by atoms with Crippen molar-refractivity contribution in [1.82, 2.24) is 14.7 Å². The first-order chi connectivity index (χ1) is 7.65. The van der Waals surface area contributed by atoms with Crippen molar-refractivity contribution >= 4 is 5.97 Å². The van der Waals surface area contributed by atoms with E-state index >= 15 is 0 Å². The molecule has 84 valence electrons. The van der Waals surface area contributed by atoms with Gasteiger partial charge in [-0.25, -0.2) is 9.78 Å². The molecule has 0 aliphatic carbocycles. The number of hydrogen-bond donors (Lipinski definition) is 1. The van der Waals surface area contributed by atoms with E-state index in [1.165, 1.54) is 0 Å². The molecule has 0 spiro atoms. The van der Waals surface area contributed by atoms with Crippen LogP contribution in [0.5, 0.6) is 0 Å². The molecule has 0 saturated carbocycles. The first-order valence-corrected chi connectivity index (χ1v) is 4.86. The summed E-state index contributed by atoms with van der Waals surface area (Å²) < 4.78 is 6.71. The molecule has 0 aliphatic heterocycles. The standard InChI is InChI=1S/C10H11N3O3/c1-3-13-5-4-11-9(13)8-7(10(14)15)6(2)16-12-8/h4-5H,3H2,1-2H3,(H,14,15). The molecule has 0 amide bonds. The number of aromatic nitrogens is 3. The molecule has 6 nitrogen and oxygen atoms in total. The van der Waals surface area contributed by atoms with Gasteiger partial charge in [0, 0.05) is 18.9 Å². The highest BCUT2D eigenvalue weighted by atomic mass is 16.5. The lowest BCUT2D eigenvalue weighted by Crippen LogP contribution is -2.03. The lowest BCUT2D eigenvalue weighted by molar-refractivity contribution is 0.0695. The van der Waals surface area contributed by atoms with Crippen molar-refractivity contribution in [2.45, 2.75) is 20.4 Å². The van der Waals surface area contributed by atoms with Crippen LogP contribution in [0.15, 0.2) is 16.9 Å².